The molecule has 8 nitrogen and oxygen atoms in total. The second-order valence-electron chi connectivity index (χ2n) is 6.46. The summed E-state index contributed by atoms with van der Waals surface area (Å²) in [6.45, 7) is 1.95. The fourth-order valence-corrected chi connectivity index (χ4v) is 3.05. The molecule has 28 heavy (non-hydrogen) atoms. The molecule has 0 aliphatic carbocycles. The van der Waals surface area contributed by atoms with Gasteiger partial charge in [-0.25, -0.2) is 4.79 Å². The molecule has 0 spiro atoms. The zero-order valence-corrected chi connectivity index (χ0v) is 15.2. The van der Waals surface area contributed by atoms with Gasteiger partial charge in [0.25, 0.3) is 5.91 Å². The van der Waals surface area contributed by atoms with Crippen molar-refractivity contribution in [3.05, 3.63) is 66.1 Å². The van der Waals surface area contributed by atoms with Crippen molar-refractivity contribution in [2.24, 2.45) is 0 Å². The van der Waals surface area contributed by atoms with Crippen molar-refractivity contribution in [2.45, 2.75) is 6.61 Å². The molecular formula is C20H20N4O4. The highest BCUT2D eigenvalue weighted by molar-refractivity contribution is 5.93. The number of amides is 2. The number of aromatic nitrogens is 2. The number of rotatable bonds is 4. The van der Waals surface area contributed by atoms with Crippen LogP contribution in [0.1, 0.15) is 16.1 Å². The number of hydrogen-bond donors (Lipinski definition) is 1. The second-order valence-corrected chi connectivity index (χ2v) is 6.46. The van der Waals surface area contributed by atoms with Crippen molar-refractivity contribution in [3.63, 3.8) is 0 Å². The predicted octanol–water partition coefficient (Wildman–Crippen LogP) is 2.76. The van der Waals surface area contributed by atoms with E-state index >= 15 is 0 Å². The fourth-order valence-electron chi connectivity index (χ4n) is 3.05. The highest BCUT2D eigenvalue weighted by Gasteiger charge is 2.27. The average Bonchev–Trinajstić information content (AvgIpc) is 3.44. The number of aromatic amines is 1. The van der Waals surface area contributed by atoms with Crippen LogP contribution in [0, 0.1) is 0 Å². The first-order chi connectivity index (χ1) is 13.7. The summed E-state index contributed by atoms with van der Waals surface area (Å²) < 4.78 is 10.6. The van der Waals surface area contributed by atoms with Gasteiger partial charge in [-0.3, -0.25) is 9.89 Å². The molecule has 1 aromatic carbocycles. The first-order valence-electron chi connectivity index (χ1n) is 9.05. The molecule has 1 aliphatic rings. The lowest BCUT2D eigenvalue weighted by Gasteiger charge is -2.33. The van der Waals surface area contributed by atoms with E-state index in [0.29, 0.717) is 43.3 Å². The van der Waals surface area contributed by atoms with Crippen LogP contribution in [0.15, 0.2) is 59.2 Å². The van der Waals surface area contributed by atoms with E-state index in [4.69, 9.17) is 9.15 Å². The third kappa shape index (κ3) is 3.90. The number of H-pyrrole nitrogens is 1. The van der Waals surface area contributed by atoms with Gasteiger partial charge < -0.3 is 19.0 Å². The van der Waals surface area contributed by atoms with Gasteiger partial charge in [-0.05, 0) is 17.7 Å². The Morgan fingerprint density at radius 3 is 2.50 bits per heavy atom. The maximum Gasteiger partial charge on any atom is 0.410 e. The van der Waals surface area contributed by atoms with E-state index in [1.807, 2.05) is 30.3 Å². The molecule has 0 atom stereocenters. The number of carbonyl (C=O) groups excluding carboxylic acids is 2. The van der Waals surface area contributed by atoms with Crippen LogP contribution >= 0.6 is 0 Å². The molecule has 1 N–H and O–H groups in total. The minimum Gasteiger partial charge on any atom is -0.463 e. The third-order valence-electron chi connectivity index (χ3n) is 4.61. The Morgan fingerprint density at radius 1 is 1.04 bits per heavy atom. The predicted molar refractivity (Wildman–Crippen MR) is 100 cm³/mol. The Labute approximate surface area is 161 Å². The van der Waals surface area contributed by atoms with E-state index < -0.39 is 0 Å². The summed E-state index contributed by atoms with van der Waals surface area (Å²) in [6, 6.07) is 14.8. The first kappa shape index (κ1) is 17.8. The lowest BCUT2D eigenvalue weighted by atomic mass is 10.2. The molecule has 1 aliphatic heterocycles. The van der Waals surface area contributed by atoms with E-state index in [0.717, 1.165) is 5.56 Å². The Kier molecular flexibility index (Phi) is 5.09. The van der Waals surface area contributed by atoms with Crippen molar-refractivity contribution >= 4 is 12.0 Å². The number of carbonyl (C=O) groups is 2. The Bertz CT molecular complexity index is 928. The molecule has 4 rings (SSSR count). The Balaban J connectivity index is 1.29. The smallest absolute Gasteiger partial charge is 0.410 e. The summed E-state index contributed by atoms with van der Waals surface area (Å²) in [5, 5.41) is 6.89. The van der Waals surface area contributed by atoms with Gasteiger partial charge >= 0.3 is 6.09 Å². The van der Waals surface area contributed by atoms with Gasteiger partial charge in [-0.15, -0.1) is 0 Å². The molecule has 3 heterocycles. The number of nitrogens with one attached hydrogen (secondary N) is 1. The summed E-state index contributed by atoms with van der Waals surface area (Å²) in [5.41, 5.74) is 1.92. The Morgan fingerprint density at radius 2 is 1.79 bits per heavy atom. The second kappa shape index (κ2) is 7.99. The van der Waals surface area contributed by atoms with Crippen molar-refractivity contribution < 1.29 is 18.7 Å². The molecule has 2 aromatic heterocycles. The van der Waals surface area contributed by atoms with Crippen molar-refractivity contribution in [1.82, 2.24) is 20.0 Å². The van der Waals surface area contributed by atoms with Crippen molar-refractivity contribution in [3.8, 4) is 11.5 Å². The lowest BCUT2D eigenvalue weighted by Crippen LogP contribution is -2.50. The molecule has 3 aromatic rings. The number of ether oxygens (including phenoxy) is 1. The minimum absolute atomic E-state index is 0.175. The maximum absolute atomic E-state index is 12.6. The topological polar surface area (TPSA) is 91.7 Å². The van der Waals surface area contributed by atoms with Gasteiger partial charge in [0.05, 0.1) is 6.26 Å². The molecule has 0 saturated carbocycles. The maximum atomic E-state index is 12.6. The largest absolute Gasteiger partial charge is 0.463 e. The van der Waals surface area contributed by atoms with Crippen LogP contribution in [0.25, 0.3) is 11.5 Å². The highest BCUT2D eigenvalue weighted by atomic mass is 16.6. The summed E-state index contributed by atoms with van der Waals surface area (Å²) in [5.74, 6) is 0.448. The van der Waals surface area contributed by atoms with E-state index in [2.05, 4.69) is 10.2 Å². The number of hydrogen-bond acceptors (Lipinski definition) is 5. The standard InChI is InChI=1S/C20H20N4O4/c25-19(17-13-16(21-22-17)18-7-4-12-27-18)23-8-10-24(11-9-23)20(26)28-14-15-5-2-1-3-6-15/h1-7,12-13H,8-11,14H2,(H,21,22). The average molecular weight is 380 g/mol. The van der Waals surface area contributed by atoms with Crippen LogP contribution in [-0.2, 0) is 11.3 Å². The lowest BCUT2D eigenvalue weighted by molar-refractivity contribution is 0.0539. The van der Waals surface area contributed by atoms with Gasteiger partial charge in [-0.1, -0.05) is 30.3 Å². The molecule has 0 bridgehead atoms. The first-order valence-corrected chi connectivity index (χ1v) is 9.05. The van der Waals surface area contributed by atoms with Crippen molar-refractivity contribution in [1.29, 1.82) is 0 Å². The zero-order chi connectivity index (χ0) is 19.3. The van der Waals surface area contributed by atoms with Gasteiger partial charge in [-0.2, -0.15) is 5.10 Å². The molecule has 0 unspecified atom stereocenters. The molecule has 144 valence electrons. The monoisotopic (exact) mass is 380 g/mol. The summed E-state index contributed by atoms with van der Waals surface area (Å²) >= 11 is 0. The number of piperazine rings is 1. The van der Waals surface area contributed by atoms with Gasteiger partial charge in [0, 0.05) is 32.2 Å². The van der Waals surface area contributed by atoms with Crippen molar-refractivity contribution in [2.75, 3.05) is 26.2 Å². The quantitative estimate of drug-likeness (QED) is 0.751. The summed E-state index contributed by atoms with van der Waals surface area (Å²) in [7, 11) is 0. The van der Waals surface area contributed by atoms with E-state index in [1.165, 1.54) is 0 Å². The van der Waals surface area contributed by atoms with Crippen LogP contribution in [-0.4, -0.2) is 58.2 Å². The molecule has 1 saturated heterocycles. The SMILES string of the molecule is O=C(OCc1ccccc1)N1CCN(C(=O)c2cc(-c3ccco3)[nH]n2)CC1. The normalized spacial score (nSPS) is 14.1. The van der Waals surface area contributed by atoms with Crippen LogP contribution < -0.4 is 0 Å². The highest BCUT2D eigenvalue weighted by Crippen LogP contribution is 2.19. The Hall–Kier alpha value is -3.55. The zero-order valence-electron chi connectivity index (χ0n) is 15.2. The molecular weight excluding hydrogens is 360 g/mol. The third-order valence-corrected chi connectivity index (χ3v) is 4.61. The fraction of sp³-hybridized carbons (Fsp3) is 0.250. The van der Waals surface area contributed by atoms with Crippen LogP contribution in [0.5, 0.6) is 0 Å². The van der Waals surface area contributed by atoms with E-state index in [1.54, 1.807) is 34.3 Å². The van der Waals surface area contributed by atoms with Crippen LogP contribution in [0.4, 0.5) is 4.79 Å². The van der Waals surface area contributed by atoms with Gasteiger partial charge in [0.1, 0.15) is 12.3 Å². The summed E-state index contributed by atoms with van der Waals surface area (Å²) in [6.07, 6.45) is 1.20. The molecule has 2 amide bonds. The molecule has 0 radical (unpaired) electrons. The molecule has 8 heteroatoms. The van der Waals surface area contributed by atoms with Gasteiger partial charge in [0.15, 0.2) is 11.5 Å². The van der Waals surface area contributed by atoms with Gasteiger partial charge in [0.2, 0.25) is 0 Å². The molecule has 1 fully saturated rings. The van der Waals surface area contributed by atoms with E-state index in [-0.39, 0.29) is 18.6 Å². The number of nitrogens with zero attached hydrogens (tertiary/aromatic N) is 3. The van der Waals surface area contributed by atoms with Crippen LogP contribution in [0.2, 0.25) is 0 Å². The van der Waals surface area contributed by atoms with E-state index in [9.17, 15) is 9.59 Å². The van der Waals surface area contributed by atoms with Crippen LogP contribution in [0.3, 0.4) is 0 Å². The summed E-state index contributed by atoms with van der Waals surface area (Å²) in [4.78, 5) is 28.2. The number of furan rings is 1. The number of benzene rings is 1. The minimum atomic E-state index is -0.365.